The molecule has 8 heteroatoms. The Morgan fingerprint density at radius 1 is 1.21 bits per heavy atom. The van der Waals surface area contributed by atoms with Gasteiger partial charge in [-0.05, 0) is 37.8 Å². The van der Waals surface area contributed by atoms with Crippen LogP contribution < -0.4 is 4.90 Å². The average Bonchev–Trinajstić information content (AvgIpc) is 3.00. The first-order valence-corrected chi connectivity index (χ1v) is 9.97. The van der Waals surface area contributed by atoms with Crippen LogP contribution >= 0.6 is 0 Å². The molecule has 0 radical (unpaired) electrons. The van der Waals surface area contributed by atoms with Crippen LogP contribution in [-0.4, -0.2) is 63.9 Å². The fourth-order valence-electron chi connectivity index (χ4n) is 4.91. The molecule has 2 saturated heterocycles. The number of carboxylic acid groups (broad SMARTS) is 1. The van der Waals surface area contributed by atoms with Crippen LogP contribution in [0.4, 0.5) is 5.69 Å². The van der Waals surface area contributed by atoms with Gasteiger partial charge in [0.05, 0.1) is 17.2 Å². The molecule has 29 heavy (non-hydrogen) atoms. The molecule has 4 rings (SSSR count). The average molecular weight is 399 g/mol. The number of amides is 3. The Morgan fingerprint density at radius 3 is 2.66 bits per heavy atom. The highest BCUT2D eigenvalue weighted by Gasteiger charge is 2.53. The summed E-state index contributed by atoms with van der Waals surface area (Å²) in [6, 6.07) is 6.96. The Morgan fingerprint density at radius 2 is 1.93 bits per heavy atom. The van der Waals surface area contributed by atoms with E-state index in [1.54, 1.807) is 34.1 Å². The molecule has 3 atom stereocenters. The van der Waals surface area contributed by atoms with Crippen molar-refractivity contribution < 1.29 is 24.3 Å². The maximum absolute atomic E-state index is 13.2. The highest BCUT2D eigenvalue weighted by atomic mass is 16.4. The molecule has 8 nitrogen and oxygen atoms in total. The summed E-state index contributed by atoms with van der Waals surface area (Å²) < 4.78 is 0. The molecule has 3 unspecified atom stereocenters. The molecule has 1 aromatic rings. The summed E-state index contributed by atoms with van der Waals surface area (Å²) in [5.41, 5.74) is 0.0957. The van der Waals surface area contributed by atoms with Gasteiger partial charge < -0.3 is 14.9 Å². The van der Waals surface area contributed by atoms with E-state index in [0.29, 0.717) is 37.1 Å². The van der Waals surface area contributed by atoms with E-state index in [1.165, 1.54) is 4.90 Å². The van der Waals surface area contributed by atoms with Crippen molar-refractivity contribution in [1.29, 1.82) is 0 Å². The zero-order valence-corrected chi connectivity index (χ0v) is 16.6. The molecule has 2 fully saturated rings. The summed E-state index contributed by atoms with van der Waals surface area (Å²) in [7, 11) is 0. The minimum Gasteiger partial charge on any atom is -0.481 e. The van der Waals surface area contributed by atoms with E-state index >= 15 is 0 Å². The van der Waals surface area contributed by atoms with Gasteiger partial charge in [-0.1, -0.05) is 19.1 Å². The number of carboxylic acids is 1. The number of piperidine rings is 1. The molecule has 0 aromatic heterocycles. The van der Waals surface area contributed by atoms with Crippen LogP contribution in [0.2, 0.25) is 0 Å². The third-order valence-electron chi connectivity index (χ3n) is 6.40. The van der Waals surface area contributed by atoms with Crippen LogP contribution in [0.3, 0.4) is 0 Å². The number of likely N-dealkylation sites (tertiary alicyclic amines) is 1. The van der Waals surface area contributed by atoms with Gasteiger partial charge in [0.2, 0.25) is 11.8 Å². The predicted octanol–water partition coefficient (Wildman–Crippen LogP) is 1.55. The van der Waals surface area contributed by atoms with Crippen LogP contribution in [0.25, 0.3) is 0 Å². The second kappa shape index (κ2) is 6.86. The number of benzene rings is 1. The molecule has 0 spiro atoms. The number of hydrogen-bond acceptors (Lipinski definition) is 4. The normalized spacial score (nSPS) is 29.0. The van der Waals surface area contributed by atoms with Crippen molar-refractivity contribution >= 4 is 29.4 Å². The number of rotatable bonds is 3. The van der Waals surface area contributed by atoms with E-state index in [0.717, 1.165) is 0 Å². The molecular weight excluding hydrogens is 374 g/mol. The van der Waals surface area contributed by atoms with Crippen molar-refractivity contribution in [2.24, 2.45) is 11.8 Å². The quantitative estimate of drug-likeness (QED) is 0.832. The Hall–Kier alpha value is -2.90. The molecule has 3 amide bonds. The molecule has 3 aliphatic heterocycles. The Bertz CT molecular complexity index is 900. The summed E-state index contributed by atoms with van der Waals surface area (Å²) in [5.74, 6) is -2.05. The second-order valence-electron chi connectivity index (χ2n) is 8.53. The molecule has 1 N–H and O–H groups in total. The van der Waals surface area contributed by atoms with Crippen LogP contribution in [0.1, 0.15) is 43.5 Å². The topological polar surface area (TPSA) is 98.2 Å². The number of fused-ring (bicyclic) bond motifs is 3. The minimum absolute atomic E-state index is 0.0672. The maximum atomic E-state index is 13.2. The van der Waals surface area contributed by atoms with Gasteiger partial charge in [0.25, 0.3) is 5.91 Å². The third kappa shape index (κ3) is 3.07. The summed E-state index contributed by atoms with van der Waals surface area (Å²) in [5, 5.41) is 9.37. The summed E-state index contributed by atoms with van der Waals surface area (Å²) >= 11 is 0. The Labute approximate surface area is 169 Å². The van der Waals surface area contributed by atoms with E-state index in [9.17, 15) is 24.3 Å². The zero-order chi connectivity index (χ0) is 20.9. The molecule has 0 bridgehead atoms. The molecule has 0 aliphatic carbocycles. The standard InChI is InChI=1S/C21H25N3O5/c1-13-9-14(20(28)29)11-22(10-13)18(26)12-23-19(27)15-5-3-4-6-16(15)24-17(25)7-8-21(23,24)2/h3-6,13-14H,7-12H2,1-2H3,(H,28,29). The van der Waals surface area contributed by atoms with Crippen molar-refractivity contribution in [3.8, 4) is 0 Å². The number of anilines is 1. The monoisotopic (exact) mass is 399 g/mol. The highest BCUT2D eigenvalue weighted by molar-refractivity contribution is 6.11. The number of para-hydroxylation sites is 1. The summed E-state index contributed by atoms with van der Waals surface area (Å²) in [6.45, 7) is 4.19. The molecular formula is C21H25N3O5. The molecule has 0 saturated carbocycles. The Balaban J connectivity index is 1.63. The lowest BCUT2D eigenvalue weighted by Crippen LogP contribution is -2.64. The van der Waals surface area contributed by atoms with Crippen molar-refractivity contribution in [3.63, 3.8) is 0 Å². The number of hydrogen-bond donors (Lipinski definition) is 1. The largest absolute Gasteiger partial charge is 0.481 e. The van der Waals surface area contributed by atoms with Crippen molar-refractivity contribution in [1.82, 2.24) is 9.80 Å². The first-order chi connectivity index (χ1) is 13.7. The number of carbonyl (C=O) groups is 4. The lowest BCUT2D eigenvalue weighted by molar-refractivity contribution is -0.147. The molecule has 1 aromatic carbocycles. The molecule has 3 heterocycles. The molecule has 154 valence electrons. The van der Waals surface area contributed by atoms with Crippen molar-refractivity contribution in [3.05, 3.63) is 29.8 Å². The third-order valence-corrected chi connectivity index (χ3v) is 6.40. The van der Waals surface area contributed by atoms with Crippen LogP contribution in [0, 0.1) is 11.8 Å². The van der Waals surface area contributed by atoms with Gasteiger partial charge in [-0.25, -0.2) is 0 Å². The van der Waals surface area contributed by atoms with E-state index in [1.807, 2.05) is 13.8 Å². The van der Waals surface area contributed by atoms with Crippen LogP contribution in [-0.2, 0) is 14.4 Å². The smallest absolute Gasteiger partial charge is 0.308 e. The molecule has 3 aliphatic rings. The zero-order valence-electron chi connectivity index (χ0n) is 16.6. The summed E-state index contributed by atoms with van der Waals surface area (Å²) in [6.07, 6.45) is 1.30. The van der Waals surface area contributed by atoms with E-state index in [2.05, 4.69) is 0 Å². The number of nitrogens with zero attached hydrogens (tertiary/aromatic N) is 3. The van der Waals surface area contributed by atoms with Crippen molar-refractivity contribution in [2.75, 3.05) is 24.5 Å². The number of aliphatic carboxylic acids is 1. The second-order valence-corrected chi connectivity index (χ2v) is 8.53. The lowest BCUT2D eigenvalue weighted by Gasteiger charge is -2.49. The van der Waals surface area contributed by atoms with E-state index in [4.69, 9.17) is 0 Å². The van der Waals surface area contributed by atoms with Gasteiger partial charge in [0.1, 0.15) is 12.2 Å². The van der Waals surface area contributed by atoms with Crippen LogP contribution in [0.5, 0.6) is 0 Å². The summed E-state index contributed by atoms with van der Waals surface area (Å²) in [4.78, 5) is 55.0. The van der Waals surface area contributed by atoms with Gasteiger partial charge in [0, 0.05) is 19.5 Å². The lowest BCUT2D eigenvalue weighted by atomic mass is 9.90. The fourth-order valence-corrected chi connectivity index (χ4v) is 4.91. The van der Waals surface area contributed by atoms with Gasteiger partial charge >= 0.3 is 5.97 Å². The van der Waals surface area contributed by atoms with Crippen LogP contribution in [0.15, 0.2) is 24.3 Å². The first kappa shape index (κ1) is 19.4. The van der Waals surface area contributed by atoms with Gasteiger partial charge in [-0.15, -0.1) is 0 Å². The van der Waals surface area contributed by atoms with Gasteiger partial charge in [-0.2, -0.15) is 0 Å². The van der Waals surface area contributed by atoms with E-state index in [-0.39, 0.29) is 36.7 Å². The van der Waals surface area contributed by atoms with Gasteiger partial charge in [-0.3, -0.25) is 24.1 Å². The fraction of sp³-hybridized carbons (Fsp3) is 0.524. The predicted molar refractivity (Wildman–Crippen MR) is 104 cm³/mol. The SMILES string of the molecule is CC1CC(C(=O)O)CN(C(=O)CN2C(=O)c3ccccc3N3C(=O)CCC23C)C1. The first-order valence-electron chi connectivity index (χ1n) is 9.97. The minimum atomic E-state index is -0.906. The Kier molecular flexibility index (Phi) is 4.59. The van der Waals surface area contributed by atoms with Gasteiger partial charge in [0.15, 0.2) is 0 Å². The van der Waals surface area contributed by atoms with Crippen molar-refractivity contribution in [2.45, 2.75) is 38.8 Å². The number of carbonyl (C=O) groups excluding carboxylic acids is 3. The highest BCUT2D eigenvalue weighted by Crippen LogP contribution is 2.44. The van der Waals surface area contributed by atoms with E-state index < -0.39 is 17.6 Å². The maximum Gasteiger partial charge on any atom is 0.308 e.